The molecule has 3 rings (SSSR count). The molecule has 0 bridgehead atoms. The molecule has 0 aliphatic rings. The summed E-state index contributed by atoms with van der Waals surface area (Å²) in [4.78, 5) is 21.1. The second-order valence-corrected chi connectivity index (χ2v) is 7.24. The van der Waals surface area contributed by atoms with E-state index in [9.17, 15) is 4.79 Å². The van der Waals surface area contributed by atoms with E-state index in [-0.39, 0.29) is 5.91 Å². The summed E-state index contributed by atoms with van der Waals surface area (Å²) in [6, 6.07) is 5.63. The highest BCUT2D eigenvalue weighted by atomic mass is 79.9. The van der Waals surface area contributed by atoms with Crippen LogP contribution in [0.5, 0.6) is 0 Å². The van der Waals surface area contributed by atoms with Gasteiger partial charge >= 0.3 is 0 Å². The van der Waals surface area contributed by atoms with Crippen molar-refractivity contribution in [3.8, 4) is 5.82 Å². The second-order valence-electron chi connectivity index (χ2n) is 5.41. The molecule has 0 aliphatic heterocycles. The van der Waals surface area contributed by atoms with Crippen molar-refractivity contribution in [3.05, 3.63) is 50.6 Å². The summed E-state index contributed by atoms with van der Waals surface area (Å²) >= 11 is 4.75. The van der Waals surface area contributed by atoms with Crippen LogP contribution in [0.25, 0.3) is 5.82 Å². The van der Waals surface area contributed by atoms with E-state index in [0.29, 0.717) is 29.6 Å². The first-order valence-corrected chi connectivity index (χ1v) is 9.32. The predicted molar refractivity (Wildman–Crippen MR) is 101 cm³/mol. The van der Waals surface area contributed by atoms with Crippen LogP contribution in [0.15, 0.2) is 34.4 Å². The van der Waals surface area contributed by atoms with Gasteiger partial charge in [-0.25, -0.2) is 14.6 Å². The normalized spacial score (nSPS) is 10.7. The van der Waals surface area contributed by atoms with Gasteiger partial charge in [0.25, 0.3) is 5.91 Å². The van der Waals surface area contributed by atoms with E-state index in [1.807, 2.05) is 31.4 Å². The number of nitrogens with zero attached hydrogens (tertiary/aromatic N) is 4. The smallest absolute Gasteiger partial charge is 0.261 e. The maximum Gasteiger partial charge on any atom is 0.261 e. The minimum atomic E-state index is -0.0801. The van der Waals surface area contributed by atoms with Gasteiger partial charge in [-0.3, -0.25) is 4.79 Å². The number of carbonyl (C=O) groups excluding carboxylic acids is 1. The van der Waals surface area contributed by atoms with Crippen LogP contribution in [-0.2, 0) is 0 Å². The van der Waals surface area contributed by atoms with Gasteiger partial charge in [-0.15, -0.1) is 11.3 Å². The van der Waals surface area contributed by atoms with Crippen LogP contribution >= 0.6 is 27.3 Å². The Morgan fingerprint density at radius 3 is 2.76 bits per heavy atom. The highest BCUT2D eigenvalue weighted by Crippen LogP contribution is 2.19. The SMILES string of the molecule is Cc1cc(C)n(-c2cc(NCCNC(=O)c3cc(Br)cs3)ncn2)n1. The van der Waals surface area contributed by atoms with Crippen molar-refractivity contribution >= 4 is 39.0 Å². The first kappa shape index (κ1) is 17.6. The summed E-state index contributed by atoms with van der Waals surface area (Å²) in [6.07, 6.45) is 1.50. The average molecular weight is 421 g/mol. The Kier molecular flexibility index (Phi) is 5.44. The van der Waals surface area contributed by atoms with Gasteiger partial charge in [0, 0.05) is 34.7 Å². The Morgan fingerprint density at radius 2 is 2.08 bits per heavy atom. The maximum absolute atomic E-state index is 12.0. The predicted octanol–water partition coefficient (Wildman–Crippen LogP) is 2.95. The van der Waals surface area contributed by atoms with Gasteiger partial charge in [0.1, 0.15) is 12.1 Å². The third-order valence-corrected chi connectivity index (χ3v) is 5.08. The van der Waals surface area contributed by atoms with Crippen molar-refractivity contribution in [2.45, 2.75) is 13.8 Å². The van der Waals surface area contributed by atoms with Crippen molar-refractivity contribution in [1.29, 1.82) is 0 Å². The Balaban J connectivity index is 1.54. The summed E-state index contributed by atoms with van der Waals surface area (Å²) in [7, 11) is 0. The molecule has 0 atom stereocenters. The number of aromatic nitrogens is 4. The lowest BCUT2D eigenvalue weighted by Crippen LogP contribution is -2.28. The van der Waals surface area contributed by atoms with Crippen molar-refractivity contribution in [3.63, 3.8) is 0 Å². The highest BCUT2D eigenvalue weighted by Gasteiger charge is 2.08. The fourth-order valence-electron chi connectivity index (χ4n) is 2.31. The summed E-state index contributed by atoms with van der Waals surface area (Å²) < 4.78 is 2.69. The molecule has 3 aromatic heterocycles. The van der Waals surface area contributed by atoms with E-state index in [1.165, 1.54) is 17.7 Å². The molecule has 0 radical (unpaired) electrons. The molecule has 3 aromatic rings. The van der Waals surface area contributed by atoms with E-state index in [4.69, 9.17) is 0 Å². The van der Waals surface area contributed by atoms with Crippen LogP contribution in [-0.4, -0.2) is 38.7 Å². The first-order valence-electron chi connectivity index (χ1n) is 7.65. The van der Waals surface area contributed by atoms with E-state index < -0.39 is 0 Å². The van der Waals surface area contributed by atoms with Gasteiger partial charge in [-0.1, -0.05) is 0 Å². The molecule has 130 valence electrons. The first-order chi connectivity index (χ1) is 12.0. The maximum atomic E-state index is 12.0. The summed E-state index contributed by atoms with van der Waals surface area (Å²) in [5.41, 5.74) is 1.95. The van der Waals surface area contributed by atoms with Crippen LogP contribution in [0.3, 0.4) is 0 Å². The number of carbonyl (C=O) groups is 1. The quantitative estimate of drug-likeness (QED) is 0.598. The number of hydrogen-bond donors (Lipinski definition) is 2. The molecule has 9 heteroatoms. The third-order valence-electron chi connectivity index (χ3n) is 3.39. The molecule has 0 saturated heterocycles. The van der Waals surface area contributed by atoms with Crippen molar-refractivity contribution in [2.75, 3.05) is 18.4 Å². The molecule has 0 fully saturated rings. The van der Waals surface area contributed by atoms with Gasteiger partial charge < -0.3 is 10.6 Å². The lowest BCUT2D eigenvalue weighted by atomic mass is 10.4. The summed E-state index contributed by atoms with van der Waals surface area (Å²) in [5.74, 6) is 1.31. The number of aryl methyl sites for hydroxylation is 2. The monoisotopic (exact) mass is 420 g/mol. The molecule has 0 unspecified atom stereocenters. The largest absolute Gasteiger partial charge is 0.368 e. The third kappa shape index (κ3) is 4.43. The molecule has 0 aromatic carbocycles. The zero-order valence-corrected chi connectivity index (χ0v) is 16.2. The van der Waals surface area contributed by atoms with Gasteiger partial charge in [0.2, 0.25) is 0 Å². The van der Waals surface area contributed by atoms with Crippen LogP contribution in [0.4, 0.5) is 5.82 Å². The minimum absolute atomic E-state index is 0.0801. The lowest BCUT2D eigenvalue weighted by molar-refractivity contribution is 0.0959. The Hall–Kier alpha value is -2.26. The standard InChI is InChI=1S/C16H17BrN6OS/c1-10-5-11(2)23(22-10)15-7-14(20-9-21-15)18-3-4-19-16(24)13-6-12(17)8-25-13/h5-9H,3-4H2,1-2H3,(H,19,24)(H,18,20,21). The fourth-order valence-corrected chi connectivity index (χ4v) is 3.65. The molecule has 1 amide bonds. The highest BCUT2D eigenvalue weighted by molar-refractivity contribution is 9.10. The molecular weight excluding hydrogens is 404 g/mol. The minimum Gasteiger partial charge on any atom is -0.368 e. The molecule has 0 aliphatic carbocycles. The van der Waals surface area contributed by atoms with E-state index in [0.717, 1.165) is 15.9 Å². The van der Waals surface area contributed by atoms with E-state index in [1.54, 1.807) is 10.7 Å². The van der Waals surface area contributed by atoms with Crippen LogP contribution < -0.4 is 10.6 Å². The summed E-state index contributed by atoms with van der Waals surface area (Å²) in [6.45, 7) is 4.98. The number of thiophene rings is 1. The van der Waals surface area contributed by atoms with Gasteiger partial charge in [-0.05, 0) is 41.9 Å². The van der Waals surface area contributed by atoms with Crippen LogP contribution in [0.2, 0.25) is 0 Å². The molecule has 0 saturated carbocycles. The van der Waals surface area contributed by atoms with Gasteiger partial charge in [0.05, 0.1) is 10.6 Å². The number of nitrogens with one attached hydrogen (secondary N) is 2. The van der Waals surface area contributed by atoms with Gasteiger partial charge in [-0.2, -0.15) is 5.10 Å². The Bertz CT molecular complexity index is 890. The molecular formula is C16H17BrN6OS. The van der Waals surface area contributed by atoms with Crippen molar-refractivity contribution in [1.82, 2.24) is 25.1 Å². The van der Waals surface area contributed by atoms with Crippen molar-refractivity contribution in [2.24, 2.45) is 0 Å². The van der Waals surface area contributed by atoms with Crippen molar-refractivity contribution < 1.29 is 4.79 Å². The zero-order chi connectivity index (χ0) is 17.8. The number of rotatable bonds is 6. The molecule has 3 heterocycles. The fraction of sp³-hybridized carbons (Fsp3) is 0.250. The van der Waals surface area contributed by atoms with Crippen LogP contribution in [0.1, 0.15) is 21.1 Å². The molecule has 0 spiro atoms. The summed E-state index contributed by atoms with van der Waals surface area (Å²) in [5, 5.41) is 12.3. The number of anilines is 1. The number of hydrogen-bond acceptors (Lipinski definition) is 6. The zero-order valence-electron chi connectivity index (χ0n) is 13.8. The lowest BCUT2D eigenvalue weighted by Gasteiger charge is -2.08. The Labute approximate surface area is 157 Å². The number of halogens is 1. The van der Waals surface area contributed by atoms with E-state index in [2.05, 4.69) is 41.6 Å². The second kappa shape index (κ2) is 7.75. The van der Waals surface area contributed by atoms with Gasteiger partial charge in [0.15, 0.2) is 5.82 Å². The molecule has 2 N–H and O–H groups in total. The number of amides is 1. The molecule has 25 heavy (non-hydrogen) atoms. The molecule has 7 nitrogen and oxygen atoms in total. The topological polar surface area (TPSA) is 84.7 Å². The average Bonchev–Trinajstić information content (AvgIpc) is 3.17. The van der Waals surface area contributed by atoms with E-state index >= 15 is 0 Å². The Morgan fingerprint density at radius 1 is 1.24 bits per heavy atom. The van der Waals surface area contributed by atoms with Crippen LogP contribution in [0, 0.1) is 13.8 Å².